The zero-order valence-corrected chi connectivity index (χ0v) is 16.7. The van der Waals surface area contributed by atoms with Crippen LogP contribution >= 0.6 is 23.1 Å². The molecular formula is C22H18N2OS2. The summed E-state index contributed by atoms with van der Waals surface area (Å²) in [5, 5.41) is 2.99. The average molecular weight is 391 g/mol. The Labute approximate surface area is 166 Å². The molecule has 4 rings (SSSR count). The molecule has 0 spiro atoms. The van der Waals surface area contributed by atoms with Gasteiger partial charge in [-0.15, -0.1) is 11.3 Å². The van der Waals surface area contributed by atoms with Crippen LogP contribution in [0.4, 0.5) is 5.69 Å². The number of hydrogen-bond donors (Lipinski definition) is 1. The Morgan fingerprint density at radius 2 is 1.63 bits per heavy atom. The van der Waals surface area contributed by atoms with Crippen molar-refractivity contribution in [3.63, 3.8) is 0 Å². The highest BCUT2D eigenvalue weighted by atomic mass is 32.2. The standard InChI is InChI=1S/C22H18N2OS2/c1-14-12-17(23-21(25)16-8-4-3-5-9-16)13-15(2)20(14)27-22-24-18-10-6-7-11-19(18)26-22/h3-13H,1-2H3,(H,23,25). The summed E-state index contributed by atoms with van der Waals surface area (Å²) in [5.74, 6) is -0.0963. The van der Waals surface area contributed by atoms with Gasteiger partial charge in [0.15, 0.2) is 4.34 Å². The third-order valence-electron chi connectivity index (χ3n) is 4.22. The molecule has 1 heterocycles. The van der Waals surface area contributed by atoms with Gasteiger partial charge >= 0.3 is 0 Å². The van der Waals surface area contributed by atoms with Crippen LogP contribution in [0.3, 0.4) is 0 Å². The summed E-state index contributed by atoms with van der Waals surface area (Å²) in [4.78, 5) is 18.3. The molecule has 0 aliphatic carbocycles. The van der Waals surface area contributed by atoms with E-state index in [1.807, 2.05) is 60.7 Å². The molecule has 3 nitrogen and oxygen atoms in total. The first-order chi connectivity index (χ1) is 13.1. The molecule has 0 saturated carbocycles. The number of fused-ring (bicyclic) bond motifs is 1. The topological polar surface area (TPSA) is 42.0 Å². The highest BCUT2D eigenvalue weighted by Gasteiger charge is 2.12. The van der Waals surface area contributed by atoms with Crippen molar-refractivity contribution in [3.8, 4) is 0 Å². The Hall–Kier alpha value is -2.63. The zero-order valence-electron chi connectivity index (χ0n) is 15.0. The lowest BCUT2D eigenvalue weighted by atomic mass is 10.1. The quantitative estimate of drug-likeness (QED) is 0.443. The molecule has 5 heteroatoms. The van der Waals surface area contributed by atoms with E-state index in [9.17, 15) is 4.79 Å². The van der Waals surface area contributed by atoms with Crippen molar-refractivity contribution in [2.75, 3.05) is 5.32 Å². The number of aryl methyl sites for hydroxylation is 2. The van der Waals surface area contributed by atoms with E-state index in [2.05, 4.69) is 25.2 Å². The van der Waals surface area contributed by atoms with Crippen molar-refractivity contribution in [1.29, 1.82) is 0 Å². The Bertz CT molecular complexity index is 1060. The second kappa shape index (κ2) is 7.55. The first-order valence-corrected chi connectivity index (χ1v) is 10.2. The fourth-order valence-corrected chi connectivity index (χ4v) is 5.10. The molecule has 27 heavy (non-hydrogen) atoms. The summed E-state index contributed by atoms with van der Waals surface area (Å²) in [6.07, 6.45) is 0. The number of amides is 1. The van der Waals surface area contributed by atoms with Gasteiger partial charge in [-0.05, 0) is 61.4 Å². The molecular weight excluding hydrogens is 372 g/mol. The molecule has 4 aromatic rings. The number of nitrogens with zero attached hydrogens (tertiary/aromatic N) is 1. The maximum Gasteiger partial charge on any atom is 0.255 e. The lowest BCUT2D eigenvalue weighted by Gasteiger charge is -2.12. The van der Waals surface area contributed by atoms with Crippen molar-refractivity contribution in [1.82, 2.24) is 4.98 Å². The monoisotopic (exact) mass is 390 g/mol. The molecule has 3 aromatic carbocycles. The molecule has 1 N–H and O–H groups in total. The Morgan fingerprint density at radius 1 is 0.963 bits per heavy atom. The van der Waals surface area contributed by atoms with Crippen LogP contribution in [0.15, 0.2) is 76.0 Å². The van der Waals surface area contributed by atoms with Gasteiger partial charge in [0.2, 0.25) is 0 Å². The maximum atomic E-state index is 12.4. The van der Waals surface area contributed by atoms with Crippen molar-refractivity contribution in [2.24, 2.45) is 0 Å². The molecule has 0 aliphatic heterocycles. The predicted octanol–water partition coefficient (Wildman–Crippen LogP) is 6.32. The summed E-state index contributed by atoms with van der Waals surface area (Å²) in [6.45, 7) is 4.14. The minimum absolute atomic E-state index is 0.0963. The second-order valence-corrected chi connectivity index (χ2v) is 8.60. The van der Waals surface area contributed by atoms with Crippen LogP contribution in [0.5, 0.6) is 0 Å². The van der Waals surface area contributed by atoms with E-state index in [-0.39, 0.29) is 5.91 Å². The fourth-order valence-electron chi connectivity index (χ4n) is 2.96. The molecule has 0 atom stereocenters. The average Bonchev–Trinajstić information content (AvgIpc) is 3.08. The molecule has 1 amide bonds. The van der Waals surface area contributed by atoms with Crippen LogP contribution in [0.2, 0.25) is 0 Å². The Morgan fingerprint density at radius 3 is 2.33 bits per heavy atom. The summed E-state index contributed by atoms with van der Waals surface area (Å²) >= 11 is 3.39. The van der Waals surface area contributed by atoms with Crippen molar-refractivity contribution < 1.29 is 4.79 Å². The molecule has 0 aliphatic rings. The van der Waals surface area contributed by atoms with Gasteiger partial charge in [-0.2, -0.15) is 0 Å². The van der Waals surface area contributed by atoms with Crippen molar-refractivity contribution >= 4 is 44.9 Å². The second-order valence-electron chi connectivity index (χ2n) is 6.31. The van der Waals surface area contributed by atoms with Crippen LogP contribution in [-0.2, 0) is 0 Å². The van der Waals surface area contributed by atoms with E-state index in [4.69, 9.17) is 4.98 Å². The molecule has 1 aromatic heterocycles. The third-order valence-corrected chi connectivity index (χ3v) is 6.66. The van der Waals surface area contributed by atoms with E-state index in [0.717, 1.165) is 26.7 Å². The number of carbonyl (C=O) groups excluding carboxylic acids is 1. The first kappa shape index (κ1) is 17.8. The summed E-state index contributed by atoms with van der Waals surface area (Å²) < 4.78 is 2.23. The Kier molecular flexibility index (Phi) is 4.97. The number of benzene rings is 3. The van der Waals surface area contributed by atoms with Gasteiger partial charge in [0.05, 0.1) is 10.2 Å². The van der Waals surface area contributed by atoms with E-state index in [1.54, 1.807) is 23.1 Å². The van der Waals surface area contributed by atoms with Crippen LogP contribution < -0.4 is 5.32 Å². The lowest BCUT2D eigenvalue weighted by molar-refractivity contribution is 0.102. The molecule has 0 fully saturated rings. The van der Waals surface area contributed by atoms with Gasteiger partial charge in [0.25, 0.3) is 5.91 Å². The van der Waals surface area contributed by atoms with E-state index < -0.39 is 0 Å². The number of carbonyl (C=O) groups is 1. The smallest absolute Gasteiger partial charge is 0.255 e. The molecule has 0 radical (unpaired) electrons. The van der Waals surface area contributed by atoms with Gasteiger partial charge in [-0.1, -0.05) is 42.1 Å². The number of hydrogen-bond acceptors (Lipinski definition) is 4. The van der Waals surface area contributed by atoms with Crippen LogP contribution in [0.25, 0.3) is 10.2 Å². The largest absolute Gasteiger partial charge is 0.322 e. The van der Waals surface area contributed by atoms with Crippen LogP contribution in [0, 0.1) is 13.8 Å². The maximum absolute atomic E-state index is 12.4. The fraction of sp³-hybridized carbons (Fsp3) is 0.0909. The number of aromatic nitrogens is 1. The van der Waals surface area contributed by atoms with E-state index in [1.165, 1.54) is 9.60 Å². The molecule has 134 valence electrons. The van der Waals surface area contributed by atoms with Gasteiger partial charge in [-0.25, -0.2) is 4.98 Å². The number of thiazole rings is 1. The van der Waals surface area contributed by atoms with Crippen LogP contribution in [-0.4, -0.2) is 10.9 Å². The van der Waals surface area contributed by atoms with Crippen LogP contribution in [0.1, 0.15) is 21.5 Å². The van der Waals surface area contributed by atoms with Crippen molar-refractivity contribution in [2.45, 2.75) is 23.1 Å². The predicted molar refractivity (Wildman–Crippen MR) is 114 cm³/mol. The number of rotatable bonds is 4. The summed E-state index contributed by atoms with van der Waals surface area (Å²) in [6, 6.07) is 21.5. The summed E-state index contributed by atoms with van der Waals surface area (Å²) in [5.41, 5.74) is 4.76. The highest BCUT2D eigenvalue weighted by molar-refractivity contribution is 8.01. The number of nitrogens with one attached hydrogen (secondary N) is 1. The van der Waals surface area contributed by atoms with Gasteiger partial charge in [0.1, 0.15) is 0 Å². The van der Waals surface area contributed by atoms with Gasteiger partial charge in [-0.3, -0.25) is 4.79 Å². The number of para-hydroxylation sites is 1. The van der Waals surface area contributed by atoms with E-state index in [0.29, 0.717) is 5.56 Å². The highest BCUT2D eigenvalue weighted by Crippen LogP contribution is 2.38. The SMILES string of the molecule is Cc1cc(NC(=O)c2ccccc2)cc(C)c1Sc1nc2ccccc2s1. The minimum Gasteiger partial charge on any atom is -0.322 e. The third kappa shape index (κ3) is 3.89. The van der Waals surface area contributed by atoms with Gasteiger partial charge < -0.3 is 5.32 Å². The number of anilines is 1. The van der Waals surface area contributed by atoms with E-state index >= 15 is 0 Å². The zero-order chi connectivity index (χ0) is 18.8. The molecule has 0 unspecified atom stereocenters. The molecule has 0 saturated heterocycles. The minimum atomic E-state index is -0.0963. The normalized spacial score (nSPS) is 10.9. The van der Waals surface area contributed by atoms with Gasteiger partial charge in [0, 0.05) is 16.1 Å². The summed E-state index contributed by atoms with van der Waals surface area (Å²) in [7, 11) is 0. The molecule has 0 bridgehead atoms. The Balaban J connectivity index is 1.57. The first-order valence-electron chi connectivity index (χ1n) is 8.61. The lowest BCUT2D eigenvalue weighted by Crippen LogP contribution is -2.12. The van der Waals surface area contributed by atoms with Crippen molar-refractivity contribution in [3.05, 3.63) is 83.4 Å².